The van der Waals surface area contributed by atoms with Crippen molar-refractivity contribution in [1.29, 1.82) is 0 Å². The van der Waals surface area contributed by atoms with Gasteiger partial charge in [-0.15, -0.1) is 0 Å². The number of rotatable bonds is 2. The minimum atomic E-state index is 0.0989. The number of nitrogens with two attached hydrogens (primary N) is 1. The van der Waals surface area contributed by atoms with Crippen molar-refractivity contribution >= 4 is 0 Å². The molecule has 0 aromatic carbocycles. The van der Waals surface area contributed by atoms with E-state index < -0.39 is 0 Å². The van der Waals surface area contributed by atoms with E-state index in [2.05, 4.69) is 32.7 Å². The smallest absolute Gasteiger partial charge is 0.128 e. The SMILES string of the molecule is CC(C)Cc1ncc2c(n1)CC(C)(C)CC2N. The van der Waals surface area contributed by atoms with Crippen LogP contribution in [0, 0.1) is 11.3 Å². The van der Waals surface area contributed by atoms with E-state index in [0.717, 1.165) is 30.7 Å². The lowest BCUT2D eigenvalue weighted by molar-refractivity contribution is 0.277. The fraction of sp³-hybridized carbons (Fsp3) is 0.714. The van der Waals surface area contributed by atoms with Crippen LogP contribution in [0.5, 0.6) is 0 Å². The summed E-state index contributed by atoms with van der Waals surface area (Å²) in [6.07, 6.45) is 4.93. The highest BCUT2D eigenvalue weighted by Crippen LogP contribution is 2.38. The summed E-state index contributed by atoms with van der Waals surface area (Å²) in [5, 5.41) is 0. The van der Waals surface area contributed by atoms with E-state index in [1.165, 1.54) is 5.69 Å². The van der Waals surface area contributed by atoms with E-state index >= 15 is 0 Å². The number of hydrogen-bond acceptors (Lipinski definition) is 3. The first kappa shape index (κ1) is 12.5. The van der Waals surface area contributed by atoms with Crippen molar-refractivity contribution in [2.24, 2.45) is 17.1 Å². The van der Waals surface area contributed by atoms with Crippen LogP contribution in [0.1, 0.15) is 57.2 Å². The molecule has 0 fully saturated rings. The molecule has 94 valence electrons. The topological polar surface area (TPSA) is 51.8 Å². The fourth-order valence-corrected chi connectivity index (χ4v) is 2.61. The summed E-state index contributed by atoms with van der Waals surface area (Å²) < 4.78 is 0. The van der Waals surface area contributed by atoms with E-state index in [9.17, 15) is 0 Å². The molecule has 17 heavy (non-hydrogen) atoms. The second kappa shape index (κ2) is 4.37. The summed E-state index contributed by atoms with van der Waals surface area (Å²) in [4.78, 5) is 9.15. The predicted octanol–water partition coefficient (Wildman–Crippen LogP) is 2.65. The molecule has 0 saturated heterocycles. The Morgan fingerprint density at radius 2 is 2.18 bits per heavy atom. The number of nitrogens with zero attached hydrogens (tertiary/aromatic N) is 2. The van der Waals surface area contributed by atoms with Crippen LogP contribution in [0.25, 0.3) is 0 Å². The van der Waals surface area contributed by atoms with Gasteiger partial charge in [0.25, 0.3) is 0 Å². The van der Waals surface area contributed by atoms with Gasteiger partial charge in [0, 0.05) is 29.9 Å². The summed E-state index contributed by atoms with van der Waals surface area (Å²) in [6.45, 7) is 8.91. The average molecular weight is 233 g/mol. The third-order valence-electron chi connectivity index (χ3n) is 3.36. The number of fused-ring (bicyclic) bond motifs is 1. The van der Waals surface area contributed by atoms with E-state index in [4.69, 9.17) is 10.7 Å². The number of aromatic nitrogens is 2. The van der Waals surface area contributed by atoms with Crippen molar-refractivity contribution in [3.63, 3.8) is 0 Å². The Morgan fingerprint density at radius 3 is 2.82 bits per heavy atom. The maximum atomic E-state index is 6.19. The number of hydrogen-bond donors (Lipinski definition) is 1. The molecular formula is C14H23N3. The molecule has 1 aliphatic carbocycles. The molecule has 1 heterocycles. The van der Waals surface area contributed by atoms with Crippen molar-refractivity contribution in [2.75, 3.05) is 0 Å². The largest absolute Gasteiger partial charge is 0.324 e. The first-order valence-corrected chi connectivity index (χ1v) is 6.48. The van der Waals surface area contributed by atoms with Gasteiger partial charge in [0.15, 0.2) is 0 Å². The molecule has 1 aromatic rings. The van der Waals surface area contributed by atoms with Crippen molar-refractivity contribution in [2.45, 2.75) is 53.0 Å². The molecule has 2 rings (SSSR count). The Labute approximate surface area is 104 Å². The molecule has 1 aromatic heterocycles. The lowest BCUT2D eigenvalue weighted by Gasteiger charge is -2.34. The summed E-state index contributed by atoms with van der Waals surface area (Å²) in [5.74, 6) is 1.56. The lowest BCUT2D eigenvalue weighted by Crippen LogP contribution is -2.31. The summed E-state index contributed by atoms with van der Waals surface area (Å²) in [5.41, 5.74) is 8.77. The summed E-state index contributed by atoms with van der Waals surface area (Å²) >= 11 is 0. The van der Waals surface area contributed by atoms with Crippen LogP contribution >= 0.6 is 0 Å². The van der Waals surface area contributed by atoms with E-state index in [1.807, 2.05) is 6.20 Å². The Hall–Kier alpha value is -0.960. The summed E-state index contributed by atoms with van der Waals surface area (Å²) in [7, 11) is 0. The van der Waals surface area contributed by atoms with Gasteiger partial charge in [0.05, 0.1) is 0 Å². The molecule has 1 aliphatic rings. The molecular weight excluding hydrogens is 210 g/mol. The molecule has 0 saturated carbocycles. The first-order chi connectivity index (χ1) is 7.87. The zero-order chi connectivity index (χ0) is 12.6. The third kappa shape index (κ3) is 2.83. The molecule has 0 bridgehead atoms. The van der Waals surface area contributed by atoms with Crippen molar-refractivity contribution in [3.05, 3.63) is 23.3 Å². The molecule has 0 amide bonds. The van der Waals surface area contributed by atoms with Crippen molar-refractivity contribution in [1.82, 2.24) is 9.97 Å². The maximum Gasteiger partial charge on any atom is 0.128 e. The molecule has 3 heteroatoms. The van der Waals surface area contributed by atoms with E-state index in [-0.39, 0.29) is 11.5 Å². The molecule has 1 atom stereocenters. The van der Waals surface area contributed by atoms with Crippen LogP contribution in [0.15, 0.2) is 6.20 Å². The zero-order valence-corrected chi connectivity index (χ0v) is 11.3. The normalized spacial score (nSPS) is 22.6. The Balaban J connectivity index is 2.31. The first-order valence-electron chi connectivity index (χ1n) is 6.48. The maximum absolute atomic E-state index is 6.19. The highest BCUT2D eigenvalue weighted by atomic mass is 14.9. The molecule has 2 N–H and O–H groups in total. The minimum absolute atomic E-state index is 0.0989. The monoisotopic (exact) mass is 233 g/mol. The third-order valence-corrected chi connectivity index (χ3v) is 3.36. The van der Waals surface area contributed by atoms with Crippen molar-refractivity contribution in [3.8, 4) is 0 Å². The van der Waals surface area contributed by atoms with Gasteiger partial charge < -0.3 is 5.73 Å². The van der Waals surface area contributed by atoms with Gasteiger partial charge in [-0.05, 0) is 24.2 Å². The van der Waals surface area contributed by atoms with Crippen LogP contribution < -0.4 is 5.73 Å². The van der Waals surface area contributed by atoms with Gasteiger partial charge in [-0.1, -0.05) is 27.7 Å². The second-order valence-electron chi connectivity index (χ2n) is 6.44. The van der Waals surface area contributed by atoms with Gasteiger partial charge in [-0.3, -0.25) is 0 Å². The van der Waals surface area contributed by atoms with Crippen molar-refractivity contribution < 1.29 is 0 Å². The molecule has 0 radical (unpaired) electrons. The second-order valence-corrected chi connectivity index (χ2v) is 6.44. The van der Waals surface area contributed by atoms with Gasteiger partial charge in [-0.25, -0.2) is 9.97 Å². The summed E-state index contributed by atoms with van der Waals surface area (Å²) in [6, 6.07) is 0.0989. The lowest BCUT2D eigenvalue weighted by atomic mass is 9.74. The fourth-order valence-electron chi connectivity index (χ4n) is 2.61. The molecule has 3 nitrogen and oxygen atoms in total. The van der Waals surface area contributed by atoms with Gasteiger partial charge in [0.1, 0.15) is 5.82 Å². The highest BCUT2D eigenvalue weighted by Gasteiger charge is 2.31. The standard InChI is InChI=1S/C14H23N3/c1-9(2)5-13-16-8-10-11(15)6-14(3,4)7-12(10)17-13/h8-9,11H,5-7,15H2,1-4H3. The zero-order valence-electron chi connectivity index (χ0n) is 11.3. The van der Waals surface area contributed by atoms with E-state index in [0.29, 0.717) is 5.92 Å². The average Bonchev–Trinajstić information content (AvgIpc) is 2.13. The van der Waals surface area contributed by atoms with Crippen LogP contribution in [0.4, 0.5) is 0 Å². The van der Waals surface area contributed by atoms with Gasteiger partial charge in [0.2, 0.25) is 0 Å². The van der Waals surface area contributed by atoms with Gasteiger partial charge in [-0.2, -0.15) is 0 Å². The molecule has 0 spiro atoms. The van der Waals surface area contributed by atoms with Gasteiger partial charge >= 0.3 is 0 Å². The Kier molecular flexibility index (Phi) is 3.21. The van der Waals surface area contributed by atoms with Crippen LogP contribution in [0.2, 0.25) is 0 Å². The molecule has 0 aliphatic heterocycles. The molecule has 1 unspecified atom stereocenters. The quantitative estimate of drug-likeness (QED) is 0.854. The van der Waals surface area contributed by atoms with Crippen LogP contribution in [-0.4, -0.2) is 9.97 Å². The van der Waals surface area contributed by atoms with Crippen LogP contribution in [-0.2, 0) is 12.8 Å². The Bertz CT molecular complexity index is 410. The van der Waals surface area contributed by atoms with E-state index in [1.54, 1.807) is 0 Å². The highest BCUT2D eigenvalue weighted by molar-refractivity contribution is 5.26. The Morgan fingerprint density at radius 1 is 1.47 bits per heavy atom. The van der Waals surface area contributed by atoms with Crippen LogP contribution in [0.3, 0.4) is 0 Å². The minimum Gasteiger partial charge on any atom is -0.324 e. The predicted molar refractivity (Wildman–Crippen MR) is 69.6 cm³/mol.